The fraction of sp³-hybridized carbons (Fsp3) is 0.222. The van der Waals surface area contributed by atoms with Crippen molar-refractivity contribution in [3.8, 4) is 0 Å². The van der Waals surface area contributed by atoms with E-state index >= 15 is 0 Å². The van der Waals surface area contributed by atoms with Gasteiger partial charge in [-0.3, -0.25) is 4.79 Å². The topological polar surface area (TPSA) is 17.1 Å². The minimum Gasteiger partial charge on any atom is -0.276 e. The zero-order valence-corrected chi connectivity index (χ0v) is 7.57. The molecule has 1 rings (SSSR count). The molecule has 0 saturated carbocycles. The Balaban J connectivity index is 3.36. The van der Waals surface area contributed by atoms with Crippen LogP contribution in [0.3, 0.4) is 0 Å². The standard InChI is InChI=1S/C9H8ClFO/c1-5-3-4-7(9(10)12)6(2)8(5)11/h3-4H,1-2H3. The zero-order chi connectivity index (χ0) is 9.30. The number of halogens is 2. The quantitative estimate of drug-likeness (QED) is 0.617. The van der Waals surface area contributed by atoms with Gasteiger partial charge in [-0.2, -0.15) is 0 Å². The average Bonchev–Trinajstić information content (AvgIpc) is 2.00. The van der Waals surface area contributed by atoms with E-state index in [2.05, 4.69) is 0 Å². The Labute approximate surface area is 75.2 Å². The first-order chi connectivity index (χ1) is 5.54. The molecule has 0 aromatic heterocycles. The number of aryl methyl sites for hydroxylation is 1. The van der Waals surface area contributed by atoms with Gasteiger partial charge in [-0.15, -0.1) is 0 Å². The summed E-state index contributed by atoms with van der Waals surface area (Å²) in [7, 11) is 0. The highest BCUT2D eigenvalue weighted by molar-refractivity contribution is 6.67. The lowest BCUT2D eigenvalue weighted by atomic mass is 10.1. The van der Waals surface area contributed by atoms with Crippen molar-refractivity contribution >= 4 is 16.8 Å². The molecule has 3 heteroatoms. The van der Waals surface area contributed by atoms with E-state index in [1.54, 1.807) is 6.92 Å². The van der Waals surface area contributed by atoms with E-state index in [4.69, 9.17) is 11.6 Å². The fourth-order valence-corrected chi connectivity index (χ4v) is 1.24. The maximum Gasteiger partial charge on any atom is 0.252 e. The maximum absolute atomic E-state index is 13.1. The van der Waals surface area contributed by atoms with Crippen molar-refractivity contribution < 1.29 is 9.18 Å². The van der Waals surface area contributed by atoms with E-state index in [1.165, 1.54) is 19.1 Å². The third-order valence-electron chi connectivity index (χ3n) is 1.79. The Morgan fingerprint density at radius 2 is 2.00 bits per heavy atom. The number of hydrogen-bond acceptors (Lipinski definition) is 1. The second kappa shape index (κ2) is 3.23. The highest BCUT2D eigenvalue weighted by atomic mass is 35.5. The highest BCUT2D eigenvalue weighted by Crippen LogP contribution is 2.17. The van der Waals surface area contributed by atoms with Crippen molar-refractivity contribution in [3.63, 3.8) is 0 Å². The summed E-state index contributed by atoms with van der Waals surface area (Å²) < 4.78 is 13.1. The van der Waals surface area contributed by atoms with Crippen LogP contribution >= 0.6 is 11.6 Å². The largest absolute Gasteiger partial charge is 0.276 e. The lowest BCUT2D eigenvalue weighted by Gasteiger charge is -2.03. The molecule has 0 fully saturated rings. The summed E-state index contributed by atoms with van der Waals surface area (Å²) in [6, 6.07) is 3.07. The molecular formula is C9H8ClFO. The van der Waals surface area contributed by atoms with Crippen LogP contribution in [-0.2, 0) is 0 Å². The molecule has 1 nitrogen and oxygen atoms in total. The first kappa shape index (κ1) is 9.20. The molecule has 0 amide bonds. The lowest BCUT2D eigenvalue weighted by molar-refractivity contribution is 0.108. The van der Waals surface area contributed by atoms with Gasteiger partial charge in [0.25, 0.3) is 5.24 Å². The van der Waals surface area contributed by atoms with Gasteiger partial charge in [-0.05, 0) is 42.6 Å². The number of carbonyl (C=O) groups excluding carboxylic acids is 1. The third-order valence-corrected chi connectivity index (χ3v) is 1.99. The minimum atomic E-state index is -0.619. The average molecular weight is 187 g/mol. The molecule has 0 aliphatic carbocycles. The number of rotatable bonds is 1. The van der Waals surface area contributed by atoms with Crippen LogP contribution in [0.25, 0.3) is 0 Å². The second-order valence-corrected chi connectivity index (χ2v) is 2.99. The summed E-state index contributed by atoms with van der Waals surface area (Å²) in [5, 5.41) is -0.619. The van der Waals surface area contributed by atoms with Crippen LogP contribution in [0.5, 0.6) is 0 Å². The predicted octanol–water partition coefficient (Wildman–Crippen LogP) is 2.82. The first-order valence-electron chi connectivity index (χ1n) is 3.49. The van der Waals surface area contributed by atoms with Gasteiger partial charge >= 0.3 is 0 Å². The molecule has 0 bridgehead atoms. The van der Waals surface area contributed by atoms with Gasteiger partial charge in [0.15, 0.2) is 0 Å². The van der Waals surface area contributed by atoms with Crippen molar-refractivity contribution in [1.29, 1.82) is 0 Å². The van der Waals surface area contributed by atoms with E-state index in [-0.39, 0.29) is 11.4 Å². The van der Waals surface area contributed by atoms with E-state index < -0.39 is 5.24 Å². The van der Waals surface area contributed by atoms with E-state index in [0.717, 1.165) is 0 Å². The van der Waals surface area contributed by atoms with Gasteiger partial charge in [-0.25, -0.2) is 4.39 Å². The van der Waals surface area contributed by atoms with Crippen molar-refractivity contribution in [3.05, 3.63) is 34.6 Å². The van der Waals surface area contributed by atoms with Gasteiger partial charge < -0.3 is 0 Å². The summed E-state index contributed by atoms with van der Waals surface area (Å²) in [5.74, 6) is -0.360. The molecule has 64 valence electrons. The maximum atomic E-state index is 13.1. The van der Waals surface area contributed by atoms with Crippen molar-refractivity contribution in [2.45, 2.75) is 13.8 Å². The molecular weight excluding hydrogens is 179 g/mol. The fourth-order valence-electron chi connectivity index (χ4n) is 1.03. The predicted molar refractivity (Wildman–Crippen MR) is 46.1 cm³/mol. The third kappa shape index (κ3) is 1.48. The molecule has 12 heavy (non-hydrogen) atoms. The van der Waals surface area contributed by atoms with Gasteiger partial charge in [-0.1, -0.05) is 6.07 Å². The Morgan fingerprint density at radius 1 is 1.42 bits per heavy atom. The first-order valence-corrected chi connectivity index (χ1v) is 3.87. The van der Waals surface area contributed by atoms with Crippen LogP contribution in [0.4, 0.5) is 4.39 Å². The summed E-state index contributed by atoms with van der Waals surface area (Å²) in [5.41, 5.74) is 1.07. The molecule has 0 aliphatic rings. The smallest absolute Gasteiger partial charge is 0.252 e. The Bertz CT molecular complexity index is 334. The Kier molecular flexibility index (Phi) is 2.48. The molecule has 1 aromatic carbocycles. The molecule has 0 unspecified atom stereocenters. The normalized spacial score (nSPS) is 10.0. The van der Waals surface area contributed by atoms with E-state index in [0.29, 0.717) is 11.1 Å². The molecule has 0 spiro atoms. The monoisotopic (exact) mass is 186 g/mol. The SMILES string of the molecule is Cc1ccc(C(=O)Cl)c(C)c1F. The number of hydrogen-bond donors (Lipinski definition) is 0. The lowest BCUT2D eigenvalue weighted by Crippen LogP contribution is -1.98. The van der Waals surface area contributed by atoms with Crippen LogP contribution < -0.4 is 0 Å². The molecule has 0 saturated heterocycles. The Morgan fingerprint density at radius 3 is 2.50 bits per heavy atom. The zero-order valence-electron chi connectivity index (χ0n) is 6.82. The minimum absolute atomic E-state index is 0.236. The Hall–Kier alpha value is -0.890. The van der Waals surface area contributed by atoms with Crippen LogP contribution in [0, 0.1) is 19.7 Å². The molecule has 0 aliphatic heterocycles. The number of carbonyl (C=O) groups is 1. The summed E-state index contributed by atoms with van der Waals surface area (Å²) in [6.07, 6.45) is 0. The van der Waals surface area contributed by atoms with Crippen molar-refractivity contribution in [1.82, 2.24) is 0 Å². The van der Waals surface area contributed by atoms with Gasteiger partial charge in [0.2, 0.25) is 0 Å². The number of benzene rings is 1. The van der Waals surface area contributed by atoms with Gasteiger partial charge in [0.05, 0.1) is 0 Å². The molecule has 0 radical (unpaired) electrons. The molecule has 1 aromatic rings. The highest BCUT2D eigenvalue weighted by Gasteiger charge is 2.10. The molecule has 0 N–H and O–H groups in total. The van der Waals surface area contributed by atoms with E-state index in [1.807, 2.05) is 0 Å². The van der Waals surface area contributed by atoms with Crippen LogP contribution in [0.1, 0.15) is 21.5 Å². The molecule has 0 heterocycles. The van der Waals surface area contributed by atoms with Gasteiger partial charge in [0.1, 0.15) is 5.82 Å². The second-order valence-electron chi connectivity index (χ2n) is 2.64. The van der Waals surface area contributed by atoms with Gasteiger partial charge in [0, 0.05) is 5.56 Å². The van der Waals surface area contributed by atoms with E-state index in [9.17, 15) is 9.18 Å². The van der Waals surface area contributed by atoms with Crippen LogP contribution in [0.2, 0.25) is 0 Å². The van der Waals surface area contributed by atoms with Crippen molar-refractivity contribution in [2.75, 3.05) is 0 Å². The summed E-state index contributed by atoms with van der Waals surface area (Å²) >= 11 is 5.23. The summed E-state index contributed by atoms with van der Waals surface area (Å²) in [4.78, 5) is 10.7. The molecule has 0 atom stereocenters. The van der Waals surface area contributed by atoms with Crippen molar-refractivity contribution in [2.24, 2.45) is 0 Å². The van der Waals surface area contributed by atoms with Crippen LogP contribution in [0.15, 0.2) is 12.1 Å². The summed E-state index contributed by atoms with van der Waals surface area (Å²) in [6.45, 7) is 3.18. The van der Waals surface area contributed by atoms with Crippen LogP contribution in [-0.4, -0.2) is 5.24 Å².